The smallest absolute Gasteiger partial charge is 0.250 e. The van der Waals surface area contributed by atoms with Crippen LogP contribution in [0.5, 0.6) is 0 Å². The molecule has 0 aliphatic rings. The topological polar surface area (TPSA) is 58.9 Å². The number of aromatic amines is 1. The molecular weight excluding hydrogens is 236 g/mol. The first-order valence-electron chi connectivity index (χ1n) is 5.07. The van der Waals surface area contributed by atoms with E-state index in [0.29, 0.717) is 16.4 Å². The Kier molecular flexibility index (Phi) is 3.30. The van der Waals surface area contributed by atoms with Crippen LogP contribution >= 0.6 is 11.6 Å². The van der Waals surface area contributed by atoms with E-state index in [0.717, 1.165) is 5.56 Å². The van der Waals surface area contributed by atoms with Gasteiger partial charge in [0.25, 0.3) is 0 Å². The zero-order chi connectivity index (χ0) is 12.3. The molecule has 17 heavy (non-hydrogen) atoms. The molecule has 0 aliphatic carbocycles. The molecule has 86 valence electrons. The molecule has 0 amide bonds. The van der Waals surface area contributed by atoms with Crippen LogP contribution in [0.4, 0.5) is 5.69 Å². The number of nitrogen functional groups attached to an aromatic ring is 1. The molecule has 3 N–H and O–H groups in total. The van der Waals surface area contributed by atoms with Gasteiger partial charge in [0.05, 0.1) is 0 Å². The number of pyridine rings is 1. The van der Waals surface area contributed by atoms with Crippen LogP contribution < -0.4 is 11.3 Å². The highest BCUT2D eigenvalue weighted by molar-refractivity contribution is 6.30. The van der Waals surface area contributed by atoms with Crippen LogP contribution in [0.1, 0.15) is 11.3 Å². The van der Waals surface area contributed by atoms with Gasteiger partial charge in [0.1, 0.15) is 0 Å². The third kappa shape index (κ3) is 3.23. The van der Waals surface area contributed by atoms with Crippen molar-refractivity contribution in [2.75, 3.05) is 5.73 Å². The molecule has 0 saturated carbocycles. The first-order chi connectivity index (χ1) is 8.13. The van der Waals surface area contributed by atoms with Gasteiger partial charge >= 0.3 is 0 Å². The Morgan fingerprint density at radius 2 is 2.00 bits per heavy atom. The summed E-state index contributed by atoms with van der Waals surface area (Å²) >= 11 is 5.87. The van der Waals surface area contributed by atoms with Gasteiger partial charge in [-0.05, 0) is 29.8 Å². The fourth-order valence-electron chi connectivity index (χ4n) is 1.47. The van der Waals surface area contributed by atoms with Gasteiger partial charge < -0.3 is 10.7 Å². The van der Waals surface area contributed by atoms with Gasteiger partial charge in [-0.15, -0.1) is 0 Å². The second-order valence-corrected chi connectivity index (χ2v) is 4.06. The standard InChI is InChI=1S/C13H11ClN2O/c14-10-3-1-2-9(6-10)4-5-12-7-11(15)8-13(17)16-12/h1-8H,(H3,15,16,17)/b5-4+. The number of benzene rings is 1. The minimum Gasteiger partial charge on any atom is -0.399 e. The summed E-state index contributed by atoms with van der Waals surface area (Å²) in [6, 6.07) is 10.5. The van der Waals surface area contributed by atoms with Crippen molar-refractivity contribution in [2.24, 2.45) is 0 Å². The van der Waals surface area contributed by atoms with Gasteiger partial charge in [-0.1, -0.05) is 29.8 Å². The maximum absolute atomic E-state index is 11.2. The Hall–Kier alpha value is -2.00. The molecule has 0 unspecified atom stereocenters. The number of hydrogen-bond donors (Lipinski definition) is 2. The third-order valence-corrected chi connectivity index (χ3v) is 2.43. The predicted molar refractivity (Wildman–Crippen MR) is 71.9 cm³/mol. The zero-order valence-corrected chi connectivity index (χ0v) is 9.74. The molecule has 0 bridgehead atoms. The van der Waals surface area contributed by atoms with Crippen molar-refractivity contribution in [3.05, 3.63) is 63.0 Å². The maximum atomic E-state index is 11.2. The number of H-pyrrole nitrogens is 1. The quantitative estimate of drug-likeness (QED) is 0.856. The van der Waals surface area contributed by atoms with Crippen molar-refractivity contribution >= 4 is 29.4 Å². The Bertz CT molecular complexity index is 617. The largest absolute Gasteiger partial charge is 0.399 e. The molecule has 0 radical (unpaired) electrons. The number of nitrogens with one attached hydrogen (secondary N) is 1. The van der Waals surface area contributed by atoms with Gasteiger partial charge in [0.2, 0.25) is 5.56 Å². The predicted octanol–water partition coefficient (Wildman–Crippen LogP) is 2.78. The second-order valence-electron chi connectivity index (χ2n) is 3.62. The van der Waals surface area contributed by atoms with Gasteiger partial charge in [-0.3, -0.25) is 4.79 Å². The van der Waals surface area contributed by atoms with E-state index in [9.17, 15) is 4.79 Å². The highest BCUT2D eigenvalue weighted by Gasteiger charge is 1.93. The fourth-order valence-corrected chi connectivity index (χ4v) is 1.67. The summed E-state index contributed by atoms with van der Waals surface area (Å²) < 4.78 is 0. The third-order valence-electron chi connectivity index (χ3n) is 2.19. The average Bonchev–Trinajstić information content (AvgIpc) is 2.25. The van der Waals surface area contributed by atoms with Crippen molar-refractivity contribution in [3.8, 4) is 0 Å². The highest BCUT2D eigenvalue weighted by Crippen LogP contribution is 2.13. The molecule has 4 heteroatoms. The van der Waals surface area contributed by atoms with Crippen LogP contribution in [0.2, 0.25) is 5.02 Å². The van der Waals surface area contributed by atoms with Crippen LogP contribution in [-0.2, 0) is 0 Å². The van der Waals surface area contributed by atoms with Gasteiger partial charge in [0, 0.05) is 22.5 Å². The second kappa shape index (κ2) is 4.89. The fraction of sp³-hybridized carbons (Fsp3) is 0. The Morgan fingerprint density at radius 1 is 1.18 bits per heavy atom. The first kappa shape index (κ1) is 11.5. The van der Waals surface area contributed by atoms with Crippen LogP contribution in [0.3, 0.4) is 0 Å². The van der Waals surface area contributed by atoms with Gasteiger partial charge in [-0.25, -0.2) is 0 Å². The van der Waals surface area contributed by atoms with E-state index < -0.39 is 0 Å². The van der Waals surface area contributed by atoms with Crippen LogP contribution in [0, 0.1) is 0 Å². The molecule has 0 saturated heterocycles. The lowest BCUT2D eigenvalue weighted by Gasteiger charge is -1.97. The zero-order valence-electron chi connectivity index (χ0n) is 8.98. The van der Waals surface area contributed by atoms with Crippen LogP contribution in [0.15, 0.2) is 41.2 Å². The summed E-state index contributed by atoms with van der Waals surface area (Å²) in [5, 5.41) is 0.674. The molecule has 1 heterocycles. The van der Waals surface area contributed by atoms with E-state index in [1.54, 1.807) is 18.2 Å². The van der Waals surface area contributed by atoms with E-state index in [1.165, 1.54) is 6.07 Å². The number of aromatic nitrogens is 1. The van der Waals surface area contributed by atoms with E-state index in [4.69, 9.17) is 17.3 Å². The molecule has 0 spiro atoms. The van der Waals surface area contributed by atoms with E-state index in [2.05, 4.69) is 4.98 Å². The monoisotopic (exact) mass is 246 g/mol. The van der Waals surface area contributed by atoms with Crippen LogP contribution in [0.25, 0.3) is 12.2 Å². The number of hydrogen-bond acceptors (Lipinski definition) is 2. The minimum atomic E-state index is -0.212. The average molecular weight is 247 g/mol. The molecule has 0 fully saturated rings. The molecule has 1 aromatic carbocycles. The van der Waals surface area contributed by atoms with E-state index in [1.807, 2.05) is 24.3 Å². The molecule has 1 aromatic heterocycles. The summed E-state index contributed by atoms with van der Waals surface area (Å²) in [6.45, 7) is 0. The number of nitrogens with two attached hydrogens (primary N) is 1. The summed E-state index contributed by atoms with van der Waals surface area (Å²) in [6.07, 6.45) is 3.64. The van der Waals surface area contributed by atoms with E-state index >= 15 is 0 Å². The number of anilines is 1. The molecule has 2 aromatic rings. The normalized spacial score (nSPS) is 10.9. The lowest BCUT2D eigenvalue weighted by atomic mass is 10.2. The van der Waals surface area contributed by atoms with Crippen molar-refractivity contribution in [1.82, 2.24) is 4.98 Å². The lowest BCUT2D eigenvalue weighted by molar-refractivity contribution is 1.22. The lowest BCUT2D eigenvalue weighted by Crippen LogP contribution is -2.06. The minimum absolute atomic E-state index is 0.212. The maximum Gasteiger partial charge on any atom is 0.250 e. The molecule has 2 rings (SSSR count). The number of halogens is 1. The molecule has 0 atom stereocenters. The summed E-state index contributed by atoms with van der Waals surface area (Å²) in [5.74, 6) is 0. The Labute approximate surface area is 104 Å². The molecular formula is C13H11ClN2O. The van der Waals surface area contributed by atoms with Crippen molar-refractivity contribution in [2.45, 2.75) is 0 Å². The van der Waals surface area contributed by atoms with E-state index in [-0.39, 0.29) is 5.56 Å². The molecule has 3 nitrogen and oxygen atoms in total. The van der Waals surface area contributed by atoms with Crippen molar-refractivity contribution < 1.29 is 0 Å². The summed E-state index contributed by atoms with van der Waals surface area (Å²) in [5.41, 5.74) is 7.43. The number of rotatable bonds is 2. The summed E-state index contributed by atoms with van der Waals surface area (Å²) in [7, 11) is 0. The Balaban J connectivity index is 2.29. The SMILES string of the molecule is Nc1cc(/C=C/c2cccc(Cl)c2)[nH]c(=O)c1. The molecule has 0 aliphatic heterocycles. The Morgan fingerprint density at radius 3 is 2.71 bits per heavy atom. The van der Waals surface area contributed by atoms with Crippen molar-refractivity contribution in [1.29, 1.82) is 0 Å². The van der Waals surface area contributed by atoms with Gasteiger partial charge in [0.15, 0.2) is 0 Å². The summed E-state index contributed by atoms with van der Waals surface area (Å²) in [4.78, 5) is 13.9. The van der Waals surface area contributed by atoms with Crippen molar-refractivity contribution in [3.63, 3.8) is 0 Å². The van der Waals surface area contributed by atoms with Crippen LogP contribution in [-0.4, -0.2) is 4.98 Å². The van der Waals surface area contributed by atoms with Gasteiger partial charge in [-0.2, -0.15) is 0 Å². The highest BCUT2D eigenvalue weighted by atomic mass is 35.5. The first-order valence-corrected chi connectivity index (χ1v) is 5.45.